The number of alkyl halides is 1. The van der Waals surface area contributed by atoms with Gasteiger partial charge < -0.3 is 14.4 Å². The van der Waals surface area contributed by atoms with E-state index in [1.165, 1.54) is 43.6 Å². The molecule has 2 atom stereocenters. The van der Waals surface area contributed by atoms with Crippen molar-refractivity contribution in [2.45, 2.75) is 63.1 Å². The summed E-state index contributed by atoms with van der Waals surface area (Å²) in [7, 11) is -3.94. The van der Waals surface area contributed by atoms with Gasteiger partial charge in [0.15, 0.2) is 0 Å². The Balaban J connectivity index is 1.44. The Hall–Kier alpha value is -3.25. The van der Waals surface area contributed by atoms with Crippen molar-refractivity contribution >= 4 is 27.1 Å². The minimum Gasteiger partial charge on any atom is -0.490 e. The Bertz CT molecular complexity index is 1480. The Labute approximate surface area is 226 Å². The number of sulfonamides is 1. The van der Waals surface area contributed by atoms with Crippen molar-refractivity contribution in [2.24, 2.45) is 0 Å². The molecule has 1 N–H and O–H groups in total. The number of hydrogen-bond acceptors (Lipinski definition) is 7. The molecule has 2 unspecified atom stereocenters. The molecule has 0 spiro atoms. The molecule has 5 rings (SSSR count). The van der Waals surface area contributed by atoms with E-state index in [0.717, 1.165) is 0 Å². The normalized spacial score (nSPS) is 20.9. The van der Waals surface area contributed by atoms with Crippen molar-refractivity contribution in [2.75, 3.05) is 24.7 Å². The fourth-order valence-corrected chi connectivity index (χ4v) is 5.53. The van der Waals surface area contributed by atoms with Crippen molar-refractivity contribution in [1.29, 1.82) is 0 Å². The third-order valence-electron chi connectivity index (χ3n) is 7.11. The third-order valence-corrected chi connectivity index (χ3v) is 9.18. The highest BCUT2D eigenvalue weighted by molar-refractivity contribution is 7.91. The van der Waals surface area contributed by atoms with Crippen molar-refractivity contribution in [3.63, 3.8) is 0 Å². The highest BCUT2D eigenvalue weighted by Gasteiger charge is 2.35. The lowest BCUT2D eigenvalue weighted by Crippen LogP contribution is -2.42. The maximum Gasteiger partial charge on any atom is 0.268 e. The monoisotopic (exact) mass is 562 g/mol. The van der Waals surface area contributed by atoms with E-state index in [9.17, 15) is 22.0 Å². The third kappa shape index (κ3) is 5.72. The summed E-state index contributed by atoms with van der Waals surface area (Å²) >= 11 is 0. The van der Waals surface area contributed by atoms with Gasteiger partial charge in [0.2, 0.25) is 10.0 Å². The minimum atomic E-state index is -3.94. The van der Waals surface area contributed by atoms with Crippen LogP contribution in [0.25, 0.3) is 5.52 Å². The number of anilines is 1. The van der Waals surface area contributed by atoms with Gasteiger partial charge in [-0.25, -0.2) is 26.4 Å². The van der Waals surface area contributed by atoms with Crippen LogP contribution in [0.1, 0.15) is 62.0 Å². The molecule has 39 heavy (non-hydrogen) atoms. The van der Waals surface area contributed by atoms with E-state index in [1.54, 1.807) is 24.4 Å². The lowest BCUT2D eigenvalue weighted by Gasteiger charge is -2.28. The van der Waals surface area contributed by atoms with Crippen LogP contribution in [-0.2, 0) is 14.8 Å². The number of nitrogens with zero attached hydrogens (tertiary/aromatic N) is 3. The van der Waals surface area contributed by atoms with Gasteiger partial charge in [-0.1, -0.05) is 0 Å². The molecule has 0 aliphatic carbocycles. The predicted octanol–water partition coefficient (Wildman–Crippen LogP) is 4.18. The van der Waals surface area contributed by atoms with Crippen LogP contribution in [0, 0.1) is 5.82 Å². The molecule has 3 aromatic rings. The summed E-state index contributed by atoms with van der Waals surface area (Å²) in [6, 6.07) is 7.39. The summed E-state index contributed by atoms with van der Waals surface area (Å²) in [5.41, 5.74) is 1.60. The van der Waals surface area contributed by atoms with E-state index >= 15 is 0 Å². The first kappa shape index (κ1) is 27.3. The number of aromatic nitrogens is 2. The molecular formula is C27H32F2N4O5S. The largest absolute Gasteiger partial charge is 0.490 e. The van der Waals surface area contributed by atoms with Gasteiger partial charge >= 0.3 is 0 Å². The summed E-state index contributed by atoms with van der Waals surface area (Å²) in [5.74, 6) is -0.884. The highest BCUT2D eigenvalue weighted by Crippen LogP contribution is 2.39. The number of ether oxygens (including phenoxy) is 2. The first-order valence-electron chi connectivity index (χ1n) is 12.9. The minimum absolute atomic E-state index is 0.0649. The molecule has 4 heterocycles. The second-order valence-corrected chi connectivity index (χ2v) is 13.4. The first-order chi connectivity index (χ1) is 18.4. The number of fused-ring (bicyclic) bond motifs is 1. The average Bonchev–Trinajstić information content (AvgIpc) is 3.46. The van der Waals surface area contributed by atoms with Gasteiger partial charge in [-0.3, -0.25) is 4.79 Å². The number of benzene rings is 1. The van der Waals surface area contributed by atoms with E-state index in [1.807, 2.05) is 4.90 Å². The molecule has 2 aliphatic heterocycles. The quantitative estimate of drug-likeness (QED) is 0.481. The zero-order chi connectivity index (χ0) is 27.9. The van der Waals surface area contributed by atoms with Crippen LogP contribution in [0.5, 0.6) is 5.75 Å². The number of nitrogens with one attached hydrogen (secondary N) is 1. The van der Waals surface area contributed by atoms with Crippen LogP contribution in [0.4, 0.5) is 14.5 Å². The number of pyridine rings is 1. The van der Waals surface area contributed by atoms with Gasteiger partial charge in [-0.05, 0) is 50.6 Å². The second-order valence-electron chi connectivity index (χ2n) is 11.0. The fourth-order valence-electron chi connectivity index (χ4n) is 4.87. The Morgan fingerprint density at radius 1 is 1.18 bits per heavy atom. The van der Waals surface area contributed by atoms with E-state index in [-0.39, 0.29) is 24.6 Å². The molecule has 1 amide bonds. The van der Waals surface area contributed by atoms with Gasteiger partial charge in [-0.15, -0.1) is 0 Å². The summed E-state index contributed by atoms with van der Waals surface area (Å²) in [6.07, 6.45) is 3.27. The number of amides is 1. The summed E-state index contributed by atoms with van der Waals surface area (Å²) in [6.45, 7) is 5.72. The van der Waals surface area contributed by atoms with Gasteiger partial charge in [0.1, 0.15) is 23.8 Å². The van der Waals surface area contributed by atoms with Gasteiger partial charge in [0.25, 0.3) is 5.91 Å². The zero-order valence-electron chi connectivity index (χ0n) is 22.1. The number of hydrogen-bond donors (Lipinski definition) is 1. The molecule has 0 radical (unpaired) electrons. The standard InChI is InChI=1S/C27H32F2N4O5S/c1-27(2,3)39(35,36)31-26(34)23-15-30-33-7-4-20(14-25(23)33)32-16-19(29)13-24(32)17-10-18(28)12-22(11-17)38-21-5-8-37-9-6-21/h4,7,10-12,14-15,19,21,24H,5-6,8-9,13,16H2,1-3H3,(H,31,34). The molecule has 2 fully saturated rings. The van der Waals surface area contributed by atoms with E-state index in [2.05, 4.69) is 9.82 Å². The van der Waals surface area contributed by atoms with Crippen LogP contribution in [0.2, 0.25) is 0 Å². The SMILES string of the molecule is CC(C)(C)S(=O)(=O)NC(=O)c1cnn2ccc(N3CC(F)CC3c3cc(F)cc(OC4CCOCC4)c3)cc12. The van der Waals surface area contributed by atoms with Crippen LogP contribution in [0.15, 0.2) is 42.7 Å². The van der Waals surface area contributed by atoms with Gasteiger partial charge in [0.05, 0.1) is 41.3 Å². The summed E-state index contributed by atoms with van der Waals surface area (Å²) in [5, 5.41) is 4.16. The Kier molecular flexibility index (Phi) is 7.27. The first-order valence-corrected chi connectivity index (χ1v) is 14.4. The van der Waals surface area contributed by atoms with E-state index in [4.69, 9.17) is 9.47 Å². The summed E-state index contributed by atoms with van der Waals surface area (Å²) in [4.78, 5) is 14.7. The van der Waals surface area contributed by atoms with Crippen molar-refractivity contribution in [3.05, 3.63) is 59.7 Å². The van der Waals surface area contributed by atoms with Crippen molar-refractivity contribution in [3.8, 4) is 5.75 Å². The maximum atomic E-state index is 14.8. The van der Waals surface area contributed by atoms with Gasteiger partial charge in [-0.2, -0.15) is 5.10 Å². The lowest BCUT2D eigenvalue weighted by molar-refractivity contribution is 0.0254. The Morgan fingerprint density at radius 2 is 1.92 bits per heavy atom. The van der Waals surface area contributed by atoms with Crippen molar-refractivity contribution < 1.29 is 31.5 Å². The molecule has 12 heteroatoms. The molecular weight excluding hydrogens is 530 g/mol. The highest BCUT2D eigenvalue weighted by atomic mass is 32.2. The van der Waals surface area contributed by atoms with Crippen LogP contribution in [-0.4, -0.2) is 60.7 Å². The Morgan fingerprint density at radius 3 is 2.64 bits per heavy atom. The number of halogens is 2. The molecule has 2 aromatic heterocycles. The van der Waals surface area contributed by atoms with Crippen molar-refractivity contribution in [1.82, 2.24) is 14.3 Å². The predicted molar refractivity (Wildman–Crippen MR) is 142 cm³/mol. The number of carbonyl (C=O) groups is 1. The average molecular weight is 563 g/mol. The van der Waals surface area contributed by atoms with E-state index in [0.29, 0.717) is 48.6 Å². The zero-order valence-corrected chi connectivity index (χ0v) is 22.9. The second kappa shape index (κ2) is 10.4. The number of rotatable bonds is 6. The molecule has 210 valence electrons. The van der Waals surface area contributed by atoms with Crippen LogP contribution < -0.4 is 14.4 Å². The molecule has 0 bridgehead atoms. The topological polar surface area (TPSA) is 102 Å². The van der Waals surface area contributed by atoms with E-state index < -0.39 is 38.7 Å². The maximum absolute atomic E-state index is 14.8. The smallest absolute Gasteiger partial charge is 0.268 e. The van der Waals surface area contributed by atoms with Crippen LogP contribution in [0.3, 0.4) is 0 Å². The fraction of sp³-hybridized carbons (Fsp3) is 0.481. The summed E-state index contributed by atoms with van der Waals surface area (Å²) < 4.78 is 68.3. The lowest BCUT2D eigenvalue weighted by atomic mass is 10.0. The van der Waals surface area contributed by atoms with Crippen LogP contribution >= 0.6 is 0 Å². The number of carbonyl (C=O) groups excluding carboxylic acids is 1. The molecule has 2 saturated heterocycles. The van der Waals surface area contributed by atoms with Gasteiger partial charge in [0, 0.05) is 43.8 Å². The molecule has 1 aromatic carbocycles. The molecule has 0 saturated carbocycles. The molecule has 2 aliphatic rings. The molecule has 9 nitrogen and oxygen atoms in total.